The molecule has 0 amide bonds. The van der Waals surface area contributed by atoms with Gasteiger partial charge in [0.2, 0.25) is 0 Å². The molecule has 2 heterocycles. The highest BCUT2D eigenvalue weighted by atomic mass is 19.1. The number of ether oxygens (including phenoxy) is 1. The molecule has 1 fully saturated rings. The minimum absolute atomic E-state index is 0.108. The first kappa shape index (κ1) is 22.4. The molecule has 0 spiro atoms. The maximum Gasteiger partial charge on any atom is 0.144 e. The summed E-state index contributed by atoms with van der Waals surface area (Å²) in [5.41, 5.74) is 8.99. The van der Waals surface area contributed by atoms with Crippen LogP contribution in [0.5, 0.6) is 5.75 Å². The molecule has 0 saturated carbocycles. The van der Waals surface area contributed by atoms with Crippen molar-refractivity contribution >= 4 is 34.8 Å². The molecule has 1 aliphatic heterocycles. The van der Waals surface area contributed by atoms with Gasteiger partial charge in [0.05, 0.1) is 16.9 Å². The van der Waals surface area contributed by atoms with Crippen molar-refractivity contribution in [1.29, 1.82) is 0 Å². The lowest BCUT2D eigenvalue weighted by molar-refractivity contribution is 0.209. The van der Waals surface area contributed by atoms with Gasteiger partial charge >= 0.3 is 0 Å². The lowest BCUT2D eigenvalue weighted by Crippen LogP contribution is -2.21. The molecule has 4 rings (SSSR count). The lowest BCUT2D eigenvalue weighted by Gasteiger charge is -2.17. The highest BCUT2D eigenvalue weighted by molar-refractivity contribution is 5.94. The zero-order chi connectivity index (χ0) is 23.4. The average molecular weight is 447 g/mol. The number of benzene rings is 2. The van der Waals surface area contributed by atoms with Crippen molar-refractivity contribution in [1.82, 2.24) is 14.9 Å². The first-order valence-electron chi connectivity index (χ1n) is 10.7. The zero-order valence-electron chi connectivity index (χ0n) is 18.8. The van der Waals surface area contributed by atoms with E-state index in [2.05, 4.69) is 38.9 Å². The largest absolute Gasteiger partial charge is 0.487 e. The van der Waals surface area contributed by atoms with Crippen LogP contribution in [-0.2, 0) is 0 Å². The molecule has 0 unspecified atom stereocenters. The number of nitrogens with two attached hydrogens (primary N) is 1. The SMILES string of the molecule is C=N/C(=C\C(=C/C)Nc1ncnc2cc(O[C@@H]3CCN(C)C3)c(N)cc12)c1ccccc1F. The number of anilines is 2. The number of hydrogen-bond donors (Lipinski definition) is 2. The van der Waals surface area contributed by atoms with E-state index in [1.165, 1.54) is 12.4 Å². The number of allylic oxidation sites excluding steroid dienone is 2. The van der Waals surface area contributed by atoms with Crippen molar-refractivity contribution in [3.8, 4) is 5.75 Å². The van der Waals surface area contributed by atoms with Gasteiger partial charge in [-0.05, 0) is 51.4 Å². The molecule has 1 aromatic heterocycles. The fourth-order valence-corrected chi connectivity index (χ4v) is 3.83. The van der Waals surface area contributed by atoms with Gasteiger partial charge in [-0.15, -0.1) is 0 Å². The van der Waals surface area contributed by atoms with Crippen molar-refractivity contribution < 1.29 is 9.13 Å². The number of fused-ring (bicyclic) bond motifs is 1. The smallest absolute Gasteiger partial charge is 0.144 e. The van der Waals surface area contributed by atoms with Crippen LogP contribution in [0.2, 0.25) is 0 Å². The fraction of sp³-hybridized carbons (Fsp3) is 0.240. The van der Waals surface area contributed by atoms with Crippen molar-refractivity contribution in [3.05, 3.63) is 72.0 Å². The van der Waals surface area contributed by atoms with Crippen LogP contribution < -0.4 is 15.8 Å². The summed E-state index contributed by atoms with van der Waals surface area (Å²) in [5.74, 6) is 0.823. The number of hydrogen-bond acceptors (Lipinski definition) is 7. The Hall–Kier alpha value is -3.78. The molecule has 1 saturated heterocycles. The van der Waals surface area contributed by atoms with Gasteiger partial charge in [-0.1, -0.05) is 18.2 Å². The topological polar surface area (TPSA) is 88.7 Å². The average Bonchev–Trinajstić information content (AvgIpc) is 3.22. The van der Waals surface area contributed by atoms with E-state index in [1.807, 2.05) is 25.1 Å². The number of likely N-dealkylation sites (N-methyl/N-ethyl adjacent to an activating group) is 1. The summed E-state index contributed by atoms with van der Waals surface area (Å²) in [4.78, 5) is 15.0. The third-order valence-corrected chi connectivity index (χ3v) is 5.59. The van der Waals surface area contributed by atoms with Gasteiger partial charge in [-0.2, -0.15) is 0 Å². The Bertz CT molecular complexity index is 1240. The van der Waals surface area contributed by atoms with Gasteiger partial charge in [-0.3, -0.25) is 4.99 Å². The highest BCUT2D eigenvalue weighted by Gasteiger charge is 2.22. The summed E-state index contributed by atoms with van der Waals surface area (Å²) in [6, 6.07) is 10.1. The molecule has 0 aliphatic carbocycles. The maximum absolute atomic E-state index is 14.2. The molecular weight excluding hydrogens is 419 g/mol. The lowest BCUT2D eigenvalue weighted by atomic mass is 10.1. The van der Waals surface area contributed by atoms with Crippen LogP contribution >= 0.6 is 0 Å². The first-order valence-corrected chi connectivity index (χ1v) is 10.7. The molecule has 3 aromatic rings. The third-order valence-electron chi connectivity index (χ3n) is 5.59. The summed E-state index contributed by atoms with van der Waals surface area (Å²) in [6.45, 7) is 7.33. The maximum atomic E-state index is 14.2. The predicted molar refractivity (Wildman–Crippen MR) is 132 cm³/mol. The number of nitrogens with one attached hydrogen (secondary N) is 1. The molecule has 7 nitrogen and oxygen atoms in total. The second-order valence-corrected chi connectivity index (χ2v) is 7.96. The van der Waals surface area contributed by atoms with E-state index in [9.17, 15) is 4.39 Å². The summed E-state index contributed by atoms with van der Waals surface area (Å²) in [6.07, 6.45) is 6.11. The Labute approximate surface area is 192 Å². The van der Waals surface area contributed by atoms with E-state index in [0.29, 0.717) is 39.7 Å². The second-order valence-electron chi connectivity index (χ2n) is 7.96. The van der Waals surface area contributed by atoms with Crippen LogP contribution in [0.15, 0.2) is 65.6 Å². The van der Waals surface area contributed by atoms with Gasteiger partial charge in [-0.25, -0.2) is 14.4 Å². The van der Waals surface area contributed by atoms with E-state index in [0.717, 1.165) is 24.9 Å². The summed E-state index contributed by atoms with van der Waals surface area (Å²) >= 11 is 0. The van der Waals surface area contributed by atoms with Gasteiger partial charge in [0, 0.05) is 35.8 Å². The number of nitrogen functional groups attached to an aromatic ring is 1. The zero-order valence-corrected chi connectivity index (χ0v) is 18.8. The Morgan fingerprint density at radius 1 is 1.33 bits per heavy atom. The summed E-state index contributed by atoms with van der Waals surface area (Å²) in [5, 5.41) is 4.02. The number of likely N-dealkylation sites (tertiary alicyclic amines) is 1. The Morgan fingerprint density at radius 3 is 2.85 bits per heavy atom. The van der Waals surface area contributed by atoms with Crippen LogP contribution in [0.3, 0.4) is 0 Å². The normalized spacial score (nSPS) is 17.4. The molecule has 1 aliphatic rings. The highest BCUT2D eigenvalue weighted by Crippen LogP contribution is 2.32. The minimum atomic E-state index is -0.368. The number of aliphatic imine (C=N–C) groups is 1. The molecule has 1 atom stereocenters. The van der Waals surface area contributed by atoms with Crippen molar-refractivity contribution in [2.45, 2.75) is 19.4 Å². The number of halogens is 1. The monoisotopic (exact) mass is 446 g/mol. The van der Waals surface area contributed by atoms with E-state index < -0.39 is 0 Å². The first-order chi connectivity index (χ1) is 16.0. The van der Waals surface area contributed by atoms with E-state index in [-0.39, 0.29) is 11.9 Å². The van der Waals surface area contributed by atoms with Crippen LogP contribution in [0.1, 0.15) is 18.9 Å². The quantitative estimate of drug-likeness (QED) is 0.316. The fourth-order valence-electron chi connectivity index (χ4n) is 3.83. The van der Waals surface area contributed by atoms with Crippen LogP contribution in [-0.4, -0.2) is 47.8 Å². The number of rotatable bonds is 7. The van der Waals surface area contributed by atoms with E-state index in [4.69, 9.17) is 10.5 Å². The van der Waals surface area contributed by atoms with Gasteiger partial charge < -0.3 is 20.7 Å². The van der Waals surface area contributed by atoms with E-state index in [1.54, 1.807) is 24.3 Å². The molecular formula is C25H27FN6O. The second kappa shape index (κ2) is 9.79. The van der Waals surface area contributed by atoms with E-state index >= 15 is 0 Å². The van der Waals surface area contributed by atoms with Crippen molar-refractivity contribution in [2.24, 2.45) is 4.99 Å². The Morgan fingerprint density at radius 2 is 2.15 bits per heavy atom. The summed E-state index contributed by atoms with van der Waals surface area (Å²) < 4.78 is 20.4. The van der Waals surface area contributed by atoms with Crippen LogP contribution in [0.4, 0.5) is 15.9 Å². The molecule has 8 heteroatoms. The number of aromatic nitrogens is 2. The van der Waals surface area contributed by atoms with Crippen molar-refractivity contribution in [2.75, 3.05) is 31.2 Å². The molecule has 0 bridgehead atoms. The third kappa shape index (κ3) is 5.01. The predicted octanol–water partition coefficient (Wildman–Crippen LogP) is 4.49. The standard InChI is InChI=1S/C25H27FN6O/c1-4-16(11-22(28-2)18-7-5-6-8-20(18)26)31-25-19-12-21(27)24(13-23(19)29-15-30-25)33-17-9-10-32(3)14-17/h4-8,11-13,15,17H,2,9-10,14,27H2,1,3H3,(H,29,30,31)/b16-4+,22-11-/t17-/m1/s1. The Balaban J connectivity index is 1.63. The van der Waals surface area contributed by atoms with Crippen LogP contribution in [0.25, 0.3) is 16.6 Å². The van der Waals surface area contributed by atoms with Gasteiger partial charge in [0.25, 0.3) is 0 Å². The summed E-state index contributed by atoms with van der Waals surface area (Å²) in [7, 11) is 2.07. The van der Waals surface area contributed by atoms with Gasteiger partial charge in [0.15, 0.2) is 0 Å². The molecule has 33 heavy (non-hydrogen) atoms. The molecule has 2 aromatic carbocycles. The van der Waals surface area contributed by atoms with Crippen LogP contribution in [0, 0.1) is 5.82 Å². The van der Waals surface area contributed by atoms with Gasteiger partial charge in [0.1, 0.15) is 29.8 Å². The molecule has 3 N–H and O–H groups in total. The number of nitrogens with zero attached hydrogens (tertiary/aromatic N) is 4. The minimum Gasteiger partial charge on any atom is -0.487 e. The molecule has 170 valence electrons. The molecule has 0 radical (unpaired) electrons. The van der Waals surface area contributed by atoms with Crippen molar-refractivity contribution in [3.63, 3.8) is 0 Å². The Kier molecular flexibility index (Phi) is 6.65.